The van der Waals surface area contributed by atoms with Crippen LogP contribution in [0.25, 0.3) is 4.85 Å². The third kappa shape index (κ3) is 4.55. The third-order valence-electron chi connectivity index (χ3n) is 5.86. The lowest BCUT2D eigenvalue weighted by Gasteiger charge is -2.31. The molecule has 1 saturated heterocycles. The normalized spacial score (nSPS) is 21.5. The average Bonchev–Trinajstić information content (AvgIpc) is 3.49. The van der Waals surface area contributed by atoms with Crippen LogP contribution in [-0.4, -0.2) is 46.8 Å². The number of anilines is 2. The van der Waals surface area contributed by atoms with Crippen molar-refractivity contribution < 1.29 is 18.7 Å². The molecule has 4 rings (SSSR count). The number of nitrogens with one attached hydrogen (secondary N) is 1. The van der Waals surface area contributed by atoms with Gasteiger partial charge in [0.15, 0.2) is 11.5 Å². The molecule has 0 spiro atoms. The number of halogens is 2. The van der Waals surface area contributed by atoms with Crippen molar-refractivity contribution in [3.63, 3.8) is 0 Å². The fraction of sp³-hybridized carbons (Fsp3) is 0.455. The van der Waals surface area contributed by atoms with Crippen molar-refractivity contribution in [1.29, 1.82) is 0 Å². The number of carbonyl (C=O) groups excluding carboxylic acids is 1. The zero-order valence-electron chi connectivity index (χ0n) is 17.8. The summed E-state index contributed by atoms with van der Waals surface area (Å²) in [5.74, 6) is -0.621. The summed E-state index contributed by atoms with van der Waals surface area (Å²) < 4.78 is 26.0. The summed E-state index contributed by atoms with van der Waals surface area (Å²) in [5.41, 5.74) is 0.733. The first-order chi connectivity index (χ1) is 15.3. The molecule has 8 nitrogen and oxygen atoms in total. The van der Waals surface area contributed by atoms with Crippen LogP contribution in [0.1, 0.15) is 26.7 Å². The summed E-state index contributed by atoms with van der Waals surface area (Å²) >= 11 is 6.16. The second kappa shape index (κ2) is 8.79. The van der Waals surface area contributed by atoms with Crippen LogP contribution in [0.5, 0.6) is 5.88 Å². The van der Waals surface area contributed by atoms with Crippen molar-refractivity contribution in [2.24, 2.45) is 11.3 Å². The van der Waals surface area contributed by atoms with Gasteiger partial charge in [0, 0.05) is 18.5 Å². The molecule has 2 unspecified atom stereocenters. The van der Waals surface area contributed by atoms with E-state index in [9.17, 15) is 9.18 Å². The van der Waals surface area contributed by atoms with Crippen LogP contribution < -0.4 is 10.1 Å². The smallest absolute Gasteiger partial charge is 0.410 e. The largest absolute Gasteiger partial charge is 0.475 e. The highest BCUT2D eigenvalue weighted by Crippen LogP contribution is 2.58. The van der Waals surface area contributed by atoms with Gasteiger partial charge in [0.05, 0.1) is 30.0 Å². The third-order valence-corrected chi connectivity index (χ3v) is 6.18. The van der Waals surface area contributed by atoms with Crippen molar-refractivity contribution in [2.45, 2.75) is 32.8 Å². The maximum Gasteiger partial charge on any atom is 0.410 e. The van der Waals surface area contributed by atoms with Crippen molar-refractivity contribution >= 4 is 34.9 Å². The van der Waals surface area contributed by atoms with Gasteiger partial charge in [0.25, 0.3) is 5.88 Å². The number of ether oxygens (including phenoxy) is 2. The lowest BCUT2D eigenvalue weighted by Crippen LogP contribution is -2.41. The number of hydrogen-bond acceptors (Lipinski definition) is 6. The second-order valence-electron chi connectivity index (χ2n) is 8.42. The predicted molar refractivity (Wildman–Crippen MR) is 117 cm³/mol. The number of aromatic nitrogens is 2. The van der Waals surface area contributed by atoms with Gasteiger partial charge in [0.2, 0.25) is 5.82 Å². The minimum absolute atomic E-state index is 0.0661. The summed E-state index contributed by atoms with van der Waals surface area (Å²) in [5, 5.41) is 3.10. The molecule has 1 N–H and O–H groups in total. The van der Waals surface area contributed by atoms with Crippen molar-refractivity contribution in [3.05, 3.63) is 46.8 Å². The van der Waals surface area contributed by atoms with Gasteiger partial charge in [-0.3, -0.25) is 0 Å². The van der Waals surface area contributed by atoms with E-state index >= 15 is 0 Å². The number of amides is 1. The van der Waals surface area contributed by atoms with Gasteiger partial charge in [-0.1, -0.05) is 17.7 Å². The Bertz CT molecular complexity index is 1080. The first kappa shape index (κ1) is 22.1. The fourth-order valence-corrected chi connectivity index (χ4v) is 4.18. The highest BCUT2D eigenvalue weighted by atomic mass is 35.5. The second-order valence-corrected chi connectivity index (χ2v) is 8.83. The molecule has 32 heavy (non-hydrogen) atoms. The Kier molecular flexibility index (Phi) is 6.07. The number of nitrogens with zero attached hydrogens (tertiary/aromatic N) is 4. The zero-order chi connectivity index (χ0) is 22.9. The molecular weight excluding hydrogens is 437 g/mol. The number of benzene rings is 1. The van der Waals surface area contributed by atoms with E-state index in [4.69, 9.17) is 27.6 Å². The molecule has 1 aromatic heterocycles. The topological polar surface area (TPSA) is 80.9 Å². The Balaban J connectivity index is 1.38. The number of hydrogen-bond donors (Lipinski definition) is 1. The Morgan fingerprint density at radius 2 is 2.28 bits per heavy atom. The summed E-state index contributed by atoms with van der Waals surface area (Å²) in [7, 11) is 0. The van der Waals surface area contributed by atoms with Crippen LogP contribution in [0.15, 0.2) is 24.5 Å². The minimum atomic E-state index is -0.718. The molecule has 1 aliphatic heterocycles. The van der Waals surface area contributed by atoms with E-state index in [-0.39, 0.29) is 34.3 Å². The summed E-state index contributed by atoms with van der Waals surface area (Å²) in [4.78, 5) is 25.0. The maximum absolute atomic E-state index is 14.9. The monoisotopic (exact) mass is 459 g/mol. The van der Waals surface area contributed by atoms with Crippen molar-refractivity contribution in [2.75, 3.05) is 25.0 Å². The molecule has 2 fully saturated rings. The first-order valence-electron chi connectivity index (χ1n) is 10.3. The highest BCUT2D eigenvalue weighted by molar-refractivity contribution is 6.33. The van der Waals surface area contributed by atoms with E-state index in [1.165, 1.54) is 12.4 Å². The van der Waals surface area contributed by atoms with E-state index < -0.39 is 5.82 Å². The first-order valence-corrected chi connectivity index (χ1v) is 10.7. The van der Waals surface area contributed by atoms with E-state index in [0.29, 0.717) is 37.0 Å². The van der Waals surface area contributed by atoms with Crippen molar-refractivity contribution in [1.82, 2.24) is 14.9 Å². The molecular formula is C22H23ClFN5O3. The molecule has 168 valence electrons. The molecule has 1 aromatic carbocycles. The fourth-order valence-electron chi connectivity index (χ4n) is 3.96. The van der Waals surface area contributed by atoms with Gasteiger partial charge < -0.3 is 19.7 Å². The number of carbonyl (C=O) groups is 1. The highest BCUT2D eigenvalue weighted by Gasteiger charge is 2.58. The van der Waals surface area contributed by atoms with E-state index in [1.807, 2.05) is 13.8 Å². The van der Waals surface area contributed by atoms with Gasteiger partial charge in [-0.15, -0.1) is 0 Å². The average molecular weight is 460 g/mol. The quantitative estimate of drug-likeness (QED) is 0.598. The Morgan fingerprint density at radius 1 is 1.47 bits per heavy atom. The lowest BCUT2D eigenvalue weighted by atomic mass is 9.96. The summed E-state index contributed by atoms with van der Waals surface area (Å²) in [6.45, 7) is 12.2. The minimum Gasteiger partial charge on any atom is -0.475 e. The Morgan fingerprint density at radius 3 is 2.97 bits per heavy atom. The van der Waals surface area contributed by atoms with Crippen LogP contribution in [0.3, 0.4) is 0 Å². The Hall–Kier alpha value is -3.12. The SMILES string of the molecule is [C-]#[N+]c1ccc(Nc2ncnc(OCC34CCN(C(=O)OC(C)C)CC3C4)c2F)c(Cl)c1. The standard InChI is InChI=1S/C22H23ClFN5O3/c1-13(2)32-21(30)29-7-6-22(9-14(22)10-29)11-31-20-18(24)19(26-12-27-20)28-17-5-4-15(25-3)8-16(17)23/h4-5,8,12-14H,6-7,9-11H2,1-2H3,(H,26,27,28). The number of piperidine rings is 1. The molecule has 2 heterocycles. The van der Waals surface area contributed by atoms with Crippen LogP contribution in [0.4, 0.5) is 26.4 Å². The van der Waals surface area contributed by atoms with Gasteiger partial charge in [-0.05, 0) is 44.7 Å². The van der Waals surface area contributed by atoms with Gasteiger partial charge >= 0.3 is 6.09 Å². The van der Waals surface area contributed by atoms with Crippen molar-refractivity contribution in [3.8, 4) is 5.88 Å². The maximum atomic E-state index is 14.9. The summed E-state index contributed by atoms with van der Waals surface area (Å²) in [6.07, 6.45) is 2.46. The molecule has 2 aliphatic rings. The number of likely N-dealkylation sites (tertiary alicyclic amines) is 1. The molecule has 2 aromatic rings. The van der Waals surface area contributed by atoms with Gasteiger partial charge in [-0.2, -0.15) is 9.37 Å². The van der Waals surface area contributed by atoms with Crippen LogP contribution in [-0.2, 0) is 4.74 Å². The molecule has 10 heteroatoms. The van der Waals surface area contributed by atoms with Crippen LogP contribution >= 0.6 is 11.6 Å². The zero-order valence-corrected chi connectivity index (χ0v) is 18.5. The molecule has 1 amide bonds. The molecule has 2 atom stereocenters. The predicted octanol–water partition coefficient (Wildman–Crippen LogP) is 5.20. The van der Waals surface area contributed by atoms with Crippen LogP contribution in [0, 0.1) is 23.7 Å². The van der Waals surface area contributed by atoms with Crippen LogP contribution in [0.2, 0.25) is 5.02 Å². The molecule has 0 radical (unpaired) electrons. The molecule has 1 saturated carbocycles. The number of rotatable bonds is 6. The Labute approximate surface area is 190 Å². The van der Waals surface area contributed by atoms with Gasteiger partial charge in [0.1, 0.15) is 6.33 Å². The van der Waals surface area contributed by atoms with E-state index in [2.05, 4.69) is 20.1 Å². The lowest BCUT2D eigenvalue weighted by molar-refractivity contribution is 0.0584. The van der Waals surface area contributed by atoms with E-state index in [1.54, 1.807) is 17.0 Å². The van der Waals surface area contributed by atoms with Gasteiger partial charge in [-0.25, -0.2) is 14.6 Å². The van der Waals surface area contributed by atoms with E-state index in [0.717, 1.165) is 12.8 Å². The number of fused-ring (bicyclic) bond motifs is 1. The molecule has 0 bridgehead atoms. The summed E-state index contributed by atoms with van der Waals surface area (Å²) in [6, 6.07) is 4.65. The molecule has 1 aliphatic carbocycles.